The number of carbonyl (C=O) groups excluding carboxylic acids is 3. The molecule has 0 radical (unpaired) electrons. The minimum Gasteiger partial charge on any atom is -0.347 e. The molecule has 21 heavy (non-hydrogen) atoms. The molecule has 0 spiro atoms. The molecule has 0 atom stereocenters. The molecule has 0 aromatic carbocycles. The van der Waals surface area contributed by atoms with Gasteiger partial charge in [-0.05, 0) is 13.8 Å². The standard InChI is InChI=1S/C13H19N5O3/c1-13(2)11(20)18(12(21)16-13)7-4-10(19)17(3)8-9-14-5-6-15-9/h5-6H,4,7-8H2,1-3H3,(H,14,15)(H,16,21). The maximum atomic E-state index is 12.0. The fraction of sp³-hybridized carbons (Fsp3) is 0.538. The van der Waals surface area contributed by atoms with E-state index in [2.05, 4.69) is 15.3 Å². The maximum absolute atomic E-state index is 12.0. The van der Waals surface area contributed by atoms with Crippen LogP contribution in [0.25, 0.3) is 0 Å². The normalized spacial score (nSPS) is 17.0. The molecule has 2 N–H and O–H groups in total. The largest absolute Gasteiger partial charge is 0.347 e. The van der Waals surface area contributed by atoms with Gasteiger partial charge in [-0.3, -0.25) is 14.5 Å². The van der Waals surface area contributed by atoms with Crippen molar-refractivity contribution in [2.45, 2.75) is 32.4 Å². The summed E-state index contributed by atoms with van der Waals surface area (Å²) in [7, 11) is 1.65. The van der Waals surface area contributed by atoms with Gasteiger partial charge >= 0.3 is 6.03 Å². The number of H-pyrrole nitrogens is 1. The van der Waals surface area contributed by atoms with Gasteiger partial charge in [-0.1, -0.05) is 0 Å². The van der Waals surface area contributed by atoms with Crippen LogP contribution in [0, 0.1) is 0 Å². The molecule has 2 heterocycles. The number of carbonyl (C=O) groups is 3. The van der Waals surface area contributed by atoms with Gasteiger partial charge in [-0.25, -0.2) is 9.78 Å². The Morgan fingerprint density at radius 1 is 1.43 bits per heavy atom. The summed E-state index contributed by atoms with van der Waals surface area (Å²) in [6, 6.07) is -0.452. The molecule has 1 aliphatic rings. The lowest BCUT2D eigenvalue weighted by Crippen LogP contribution is -2.40. The van der Waals surface area contributed by atoms with Crippen LogP contribution in [0.1, 0.15) is 26.1 Å². The minimum atomic E-state index is -0.903. The molecule has 0 unspecified atom stereocenters. The average Bonchev–Trinajstić information content (AvgIpc) is 2.96. The van der Waals surface area contributed by atoms with E-state index in [4.69, 9.17) is 0 Å². The molecule has 0 saturated carbocycles. The predicted octanol–water partition coefficient (Wildman–Crippen LogP) is 0.0886. The number of urea groups is 1. The molecule has 4 amide bonds. The molecule has 8 nitrogen and oxygen atoms in total. The number of imide groups is 1. The summed E-state index contributed by atoms with van der Waals surface area (Å²) in [6.45, 7) is 3.71. The number of hydrogen-bond donors (Lipinski definition) is 2. The maximum Gasteiger partial charge on any atom is 0.325 e. The molecule has 1 saturated heterocycles. The van der Waals surface area contributed by atoms with Crippen LogP contribution in [-0.4, -0.2) is 56.7 Å². The Kier molecular flexibility index (Phi) is 3.97. The van der Waals surface area contributed by atoms with E-state index < -0.39 is 11.6 Å². The van der Waals surface area contributed by atoms with Crippen molar-refractivity contribution in [3.8, 4) is 0 Å². The number of imidazole rings is 1. The van der Waals surface area contributed by atoms with Crippen molar-refractivity contribution in [2.75, 3.05) is 13.6 Å². The fourth-order valence-electron chi connectivity index (χ4n) is 2.12. The van der Waals surface area contributed by atoms with E-state index in [0.29, 0.717) is 12.4 Å². The summed E-state index contributed by atoms with van der Waals surface area (Å²) in [5.74, 6) is 0.215. The van der Waals surface area contributed by atoms with Crippen LogP contribution in [0.4, 0.5) is 4.79 Å². The van der Waals surface area contributed by atoms with E-state index in [1.54, 1.807) is 33.3 Å². The van der Waals surface area contributed by atoms with Crippen LogP contribution in [0.3, 0.4) is 0 Å². The third-order valence-corrected chi connectivity index (χ3v) is 3.36. The Bertz CT molecular complexity index is 552. The first-order chi connectivity index (χ1) is 9.81. The molecular formula is C13H19N5O3. The number of nitrogens with zero attached hydrogens (tertiary/aromatic N) is 3. The zero-order valence-corrected chi connectivity index (χ0v) is 12.3. The molecule has 8 heteroatoms. The van der Waals surface area contributed by atoms with Crippen LogP contribution >= 0.6 is 0 Å². The van der Waals surface area contributed by atoms with E-state index in [-0.39, 0.29) is 24.8 Å². The van der Waals surface area contributed by atoms with Crippen molar-refractivity contribution in [1.82, 2.24) is 25.1 Å². The van der Waals surface area contributed by atoms with Crippen molar-refractivity contribution in [3.05, 3.63) is 18.2 Å². The SMILES string of the molecule is CN(Cc1ncc[nH]1)C(=O)CCN1C(=O)NC(C)(C)C1=O. The lowest BCUT2D eigenvalue weighted by Gasteiger charge is -2.19. The summed E-state index contributed by atoms with van der Waals surface area (Å²) in [4.78, 5) is 45.2. The second-order valence-electron chi connectivity index (χ2n) is 5.55. The van der Waals surface area contributed by atoms with Crippen molar-refractivity contribution in [3.63, 3.8) is 0 Å². The smallest absolute Gasteiger partial charge is 0.325 e. The summed E-state index contributed by atoms with van der Waals surface area (Å²) in [5, 5.41) is 2.58. The highest BCUT2D eigenvalue weighted by Gasteiger charge is 2.44. The van der Waals surface area contributed by atoms with E-state index in [0.717, 1.165) is 4.90 Å². The number of hydrogen-bond acceptors (Lipinski definition) is 4. The van der Waals surface area contributed by atoms with Gasteiger partial charge in [0.05, 0.1) is 6.54 Å². The summed E-state index contributed by atoms with van der Waals surface area (Å²) < 4.78 is 0. The van der Waals surface area contributed by atoms with E-state index >= 15 is 0 Å². The van der Waals surface area contributed by atoms with E-state index in [9.17, 15) is 14.4 Å². The van der Waals surface area contributed by atoms with E-state index in [1.807, 2.05) is 0 Å². The number of amides is 4. The van der Waals surface area contributed by atoms with Crippen molar-refractivity contribution >= 4 is 17.8 Å². The van der Waals surface area contributed by atoms with E-state index in [1.165, 1.54) is 4.90 Å². The molecule has 0 bridgehead atoms. The minimum absolute atomic E-state index is 0.0788. The number of aromatic amines is 1. The first-order valence-corrected chi connectivity index (χ1v) is 6.67. The van der Waals surface area contributed by atoms with Crippen molar-refractivity contribution < 1.29 is 14.4 Å². The van der Waals surface area contributed by atoms with Gasteiger partial charge in [0.2, 0.25) is 5.91 Å². The Labute approximate surface area is 122 Å². The van der Waals surface area contributed by atoms with Crippen LogP contribution in [0.5, 0.6) is 0 Å². The van der Waals surface area contributed by atoms with Gasteiger partial charge in [0.25, 0.3) is 5.91 Å². The third-order valence-electron chi connectivity index (χ3n) is 3.36. The first-order valence-electron chi connectivity index (χ1n) is 6.67. The highest BCUT2D eigenvalue weighted by Crippen LogP contribution is 2.16. The highest BCUT2D eigenvalue weighted by atomic mass is 16.2. The molecule has 2 rings (SSSR count). The second-order valence-corrected chi connectivity index (χ2v) is 5.55. The van der Waals surface area contributed by atoms with Crippen LogP contribution in [0.15, 0.2) is 12.4 Å². The second kappa shape index (κ2) is 5.55. The molecular weight excluding hydrogens is 274 g/mol. The quantitative estimate of drug-likeness (QED) is 0.752. The van der Waals surface area contributed by atoms with Crippen molar-refractivity contribution in [1.29, 1.82) is 0 Å². The molecule has 0 aliphatic carbocycles. The zero-order chi connectivity index (χ0) is 15.6. The summed E-state index contributed by atoms with van der Waals surface area (Å²) >= 11 is 0. The molecule has 1 aromatic rings. The topological polar surface area (TPSA) is 98.4 Å². The third kappa shape index (κ3) is 3.21. The number of rotatable bonds is 5. The molecule has 1 aliphatic heterocycles. The Balaban J connectivity index is 1.86. The average molecular weight is 293 g/mol. The van der Waals surface area contributed by atoms with Gasteiger partial charge in [-0.15, -0.1) is 0 Å². The van der Waals surface area contributed by atoms with Crippen LogP contribution in [-0.2, 0) is 16.1 Å². The summed E-state index contributed by atoms with van der Waals surface area (Å²) in [5.41, 5.74) is -0.903. The number of nitrogens with one attached hydrogen (secondary N) is 2. The molecule has 114 valence electrons. The predicted molar refractivity (Wildman–Crippen MR) is 74.0 cm³/mol. The Hall–Kier alpha value is -2.38. The van der Waals surface area contributed by atoms with Gasteiger partial charge in [-0.2, -0.15) is 0 Å². The monoisotopic (exact) mass is 293 g/mol. The summed E-state index contributed by atoms with van der Waals surface area (Å²) in [6.07, 6.45) is 3.39. The lowest BCUT2D eigenvalue weighted by molar-refractivity contribution is -0.132. The molecule has 1 fully saturated rings. The van der Waals surface area contributed by atoms with Crippen LogP contribution in [0.2, 0.25) is 0 Å². The lowest BCUT2D eigenvalue weighted by atomic mass is 10.1. The van der Waals surface area contributed by atoms with Gasteiger partial charge in [0.15, 0.2) is 0 Å². The van der Waals surface area contributed by atoms with Crippen LogP contribution < -0.4 is 5.32 Å². The fourth-order valence-corrected chi connectivity index (χ4v) is 2.12. The molecule has 1 aromatic heterocycles. The Morgan fingerprint density at radius 3 is 2.67 bits per heavy atom. The Morgan fingerprint density at radius 2 is 2.14 bits per heavy atom. The van der Waals surface area contributed by atoms with Crippen molar-refractivity contribution in [2.24, 2.45) is 0 Å². The zero-order valence-electron chi connectivity index (χ0n) is 12.3. The first kappa shape index (κ1) is 15.0. The van der Waals surface area contributed by atoms with Gasteiger partial charge in [0, 0.05) is 32.4 Å². The highest BCUT2D eigenvalue weighted by molar-refractivity contribution is 6.06. The number of aromatic nitrogens is 2. The van der Waals surface area contributed by atoms with Gasteiger partial charge in [0.1, 0.15) is 11.4 Å². The van der Waals surface area contributed by atoms with Gasteiger partial charge < -0.3 is 15.2 Å².